The Morgan fingerprint density at radius 1 is 1.14 bits per heavy atom. The van der Waals surface area contributed by atoms with E-state index in [0.29, 0.717) is 33.5 Å². The number of anilines is 1. The molecule has 0 atom stereocenters. The Labute approximate surface area is 204 Å². The molecule has 0 aliphatic rings. The van der Waals surface area contributed by atoms with Crippen molar-refractivity contribution in [1.82, 2.24) is 20.3 Å². The summed E-state index contributed by atoms with van der Waals surface area (Å²) in [7, 11) is 0. The van der Waals surface area contributed by atoms with Gasteiger partial charge >= 0.3 is 18.1 Å². The third-order valence-electron chi connectivity index (χ3n) is 4.76. The van der Waals surface area contributed by atoms with Crippen LogP contribution in [0.4, 0.5) is 23.2 Å². The zero-order valence-corrected chi connectivity index (χ0v) is 18.8. The maximum Gasteiger partial charge on any atom is 0.490 e. The summed E-state index contributed by atoms with van der Waals surface area (Å²) in [6.45, 7) is 1.64. The number of aliphatic carboxylic acids is 1. The Bertz CT molecular complexity index is 1460. The molecule has 37 heavy (non-hydrogen) atoms. The molecular weight excluding hydrogens is 506 g/mol. The van der Waals surface area contributed by atoms with Gasteiger partial charge in [0.05, 0.1) is 16.6 Å². The maximum atomic E-state index is 13.4. The first-order chi connectivity index (χ1) is 17.4. The minimum Gasteiger partial charge on any atom is -0.476 e. The van der Waals surface area contributed by atoms with Crippen LogP contribution in [0.15, 0.2) is 40.9 Å². The molecule has 4 rings (SSSR count). The lowest BCUT2D eigenvalue weighted by atomic mass is 10.1. The maximum absolute atomic E-state index is 13.4. The number of H-pyrrole nitrogens is 1. The van der Waals surface area contributed by atoms with Gasteiger partial charge in [0.2, 0.25) is 17.6 Å². The van der Waals surface area contributed by atoms with Crippen LogP contribution in [0.2, 0.25) is 0 Å². The fourth-order valence-corrected chi connectivity index (χ4v) is 3.02. The SMILES string of the molecule is Cc1cc(-c2noc(CCC(=O)Nc3cccc4[nH]nc(C(=O)O)c34)n2)ccc1F.O=C(O)C(F)(F)F. The second-order valence-corrected chi connectivity index (χ2v) is 7.43. The lowest BCUT2D eigenvalue weighted by molar-refractivity contribution is -0.192. The van der Waals surface area contributed by atoms with Crippen molar-refractivity contribution >= 4 is 34.4 Å². The first-order valence-corrected chi connectivity index (χ1v) is 10.3. The van der Waals surface area contributed by atoms with Gasteiger partial charge in [0, 0.05) is 18.4 Å². The van der Waals surface area contributed by atoms with E-state index in [1.807, 2.05) is 0 Å². The van der Waals surface area contributed by atoms with Crippen molar-refractivity contribution in [1.29, 1.82) is 0 Å². The van der Waals surface area contributed by atoms with E-state index in [-0.39, 0.29) is 36.2 Å². The van der Waals surface area contributed by atoms with E-state index in [1.54, 1.807) is 37.3 Å². The predicted octanol–water partition coefficient (Wildman–Crippen LogP) is 3.96. The number of halogens is 4. The summed E-state index contributed by atoms with van der Waals surface area (Å²) in [5.41, 5.74) is 1.75. The summed E-state index contributed by atoms with van der Waals surface area (Å²) in [6, 6.07) is 9.44. The topological polar surface area (TPSA) is 171 Å². The van der Waals surface area contributed by atoms with E-state index in [1.165, 1.54) is 6.07 Å². The van der Waals surface area contributed by atoms with Crippen LogP contribution >= 0.6 is 0 Å². The van der Waals surface area contributed by atoms with Crippen LogP contribution < -0.4 is 5.32 Å². The van der Waals surface area contributed by atoms with Crippen LogP contribution in [0.25, 0.3) is 22.3 Å². The van der Waals surface area contributed by atoms with Gasteiger partial charge in [-0.15, -0.1) is 0 Å². The predicted molar refractivity (Wildman–Crippen MR) is 118 cm³/mol. The number of carbonyl (C=O) groups excluding carboxylic acids is 1. The monoisotopic (exact) mass is 523 g/mol. The van der Waals surface area contributed by atoms with Crippen molar-refractivity contribution in [2.45, 2.75) is 25.9 Å². The first kappa shape index (κ1) is 26.8. The quantitative estimate of drug-likeness (QED) is 0.273. The van der Waals surface area contributed by atoms with Crippen molar-refractivity contribution in [3.8, 4) is 11.4 Å². The molecule has 11 nitrogen and oxygen atoms in total. The highest BCUT2D eigenvalue weighted by Gasteiger charge is 2.38. The molecule has 0 radical (unpaired) electrons. The highest BCUT2D eigenvalue weighted by atomic mass is 19.4. The number of nitrogens with one attached hydrogen (secondary N) is 2. The molecule has 2 aromatic heterocycles. The van der Waals surface area contributed by atoms with Gasteiger partial charge in [0.1, 0.15) is 5.82 Å². The third-order valence-corrected chi connectivity index (χ3v) is 4.76. The molecule has 0 aliphatic heterocycles. The standard InChI is InChI=1S/C20H16FN5O4.C2HF3O2/c1-10-9-11(5-6-12(10)21)19-23-16(30-26-19)8-7-15(27)22-13-3-2-4-14-17(13)18(20(28)29)25-24-14;3-2(4,5)1(6)7/h2-6,9H,7-8H2,1H3,(H,22,27)(H,24,25)(H,28,29);(H,6,7). The molecule has 2 aromatic carbocycles. The minimum absolute atomic E-state index is 0.0424. The highest BCUT2D eigenvalue weighted by Crippen LogP contribution is 2.26. The number of fused-ring (bicyclic) bond motifs is 1. The van der Waals surface area contributed by atoms with Crippen LogP contribution in [0.5, 0.6) is 0 Å². The number of hydrogen-bond acceptors (Lipinski definition) is 7. The molecule has 0 saturated carbocycles. The van der Waals surface area contributed by atoms with Crippen LogP contribution in [-0.4, -0.2) is 54.6 Å². The van der Waals surface area contributed by atoms with E-state index in [9.17, 15) is 32.3 Å². The number of aromatic amines is 1. The molecule has 4 N–H and O–H groups in total. The van der Waals surface area contributed by atoms with E-state index < -0.39 is 18.1 Å². The number of hydrogen-bond donors (Lipinski definition) is 4. The van der Waals surface area contributed by atoms with Crippen molar-refractivity contribution in [2.24, 2.45) is 0 Å². The molecule has 2 heterocycles. The zero-order chi connectivity index (χ0) is 27.3. The number of alkyl halides is 3. The van der Waals surface area contributed by atoms with Crippen LogP contribution in [0.3, 0.4) is 0 Å². The van der Waals surface area contributed by atoms with Gasteiger partial charge in [0.25, 0.3) is 0 Å². The lowest BCUT2D eigenvalue weighted by Crippen LogP contribution is -2.21. The summed E-state index contributed by atoms with van der Waals surface area (Å²) in [6.07, 6.45) is -4.85. The Morgan fingerprint density at radius 3 is 2.46 bits per heavy atom. The summed E-state index contributed by atoms with van der Waals surface area (Å²) in [5.74, 6) is -4.06. The molecule has 0 spiro atoms. The Hall–Kier alpha value is -4.82. The van der Waals surface area contributed by atoms with Gasteiger partial charge in [0.15, 0.2) is 5.69 Å². The van der Waals surface area contributed by atoms with Crippen LogP contribution in [0.1, 0.15) is 28.4 Å². The Kier molecular flexibility index (Phi) is 7.85. The summed E-state index contributed by atoms with van der Waals surface area (Å²) in [4.78, 5) is 36.8. The van der Waals surface area contributed by atoms with Gasteiger partial charge in [-0.05, 0) is 42.8 Å². The molecule has 0 bridgehead atoms. The second kappa shape index (κ2) is 10.8. The van der Waals surface area contributed by atoms with Gasteiger partial charge in [-0.2, -0.15) is 23.3 Å². The molecular formula is C22H17F4N5O6. The number of aromatic nitrogens is 4. The summed E-state index contributed by atoms with van der Waals surface area (Å²) in [5, 5.41) is 29.7. The summed E-state index contributed by atoms with van der Waals surface area (Å²) < 4.78 is 50.3. The van der Waals surface area contributed by atoms with Crippen molar-refractivity contribution in [3.63, 3.8) is 0 Å². The summed E-state index contributed by atoms with van der Waals surface area (Å²) >= 11 is 0. The molecule has 0 aliphatic carbocycles. The van der Waals surface area contributed by atoms with E-state index >= 15 is 0 Å². The van der Waals surface area contributed by atoms with Crippen molar-refractivity contribution < 1.29 is 46.7 Å². The fraction of sp³-hybridized carbons (Fsp3) is 0.182. The zero-order valence-electron chi connectivity index (χ0n) is 18.8. The number of rotatable bonds is 6. The Morgan fingerprint density at radius 2 is 1.84 bits per heavy atom. The average molecular weight is 523 g/mol. The number of carbonyl (C=O) groups is 3. The molecule has 194 valence electrons. The van der Waals surface area contributed by atoms with Gasteiger partial charge in [-0.1, -0.05) is 11.2 Å². The highest BCUT2D eigenvalue weighted by molar-refractivity contribution is 6.09. The number of carboxylic acids is 2. The van der Waals surface area contributed by atoms with Crippen molar-refractivity contribution in [2.75, 3.05) is 5.32 Å². The van der Waals surface area contributed by atoms with Gasteiger partial charge < -0.3 is 20.1 Å². The van der Waals surface area contributed by atoms with Crippen molar-refractivity contribution in [3.05, 3.63) is 59.4 Å². The number of aryl methyl sites for hydroxylation is 2. The average Bonchev–Trinajstić information content (AvgIpc) is 3.47. The smallest absolute Gasteiger partial charge is 0.476 e. The van der Waals surface area contributed by atoms with Crippen LogP contribution in [0, 0.1) is 12.7 Å². The first-order valence-electron chi connectivity index (χ1n) is 10.3. The molecule has 0 fully saturated rings. The fourth-order valence-electron chi connectivity index (χ4n) is 3.02. The number of aromatic carboxylic acids is 1. The van der Waals surface area contributed by atoms with Gasteiger partial charge in [-0.25, -0.2) is 14.0 Å². The third kappa shape index (κ3) is 6.65. The molecule has 0 unspecified atom stereocenters. The Balaban J connectivity index is 0.000000479. The lowest BCUT2D eigenvalue weighted by Gasteiger charge is -2.06. The molecule has 1 amide bonds. The van der Waals surface area contributed by atoms with Gasteiger partial charge in [-0.3, -0.25) is 9.89 Å². The number of nitrogens with zero attached hydrogens (tertiary/aromatic N) is 3. The normalized spacial score (nSPS) is 11.1. The number of benzene rings is 2. The van der Waals surface area contributed by atoms with E-state index in [4.69, 9.17) is 14.4 Å². The van der Waals surface area contributed by atoms with E-state index in [2.05, 4.69) is 25.7 Å². The number of carboxylic acid groups (broad SMARTS) is 2. The number of amides is 1. The molecule has 0 saturated heterocycles. The van der Waals surface area contributed by atoms with E-state index in [0.717, 1.165) is 0 Å². The largest absolute Gasteiger partial charge is 0.490 e. The van der Waals surface area contributed by atoms with Crippen LogP contribution in [-0.2, 0) is 16.0 Å². The second-order valence-electron chi connectivity index (χ2n) is 7.43. The minimum atomic E-state index is -5.08. The molecule has 4 aromatic rings. The molecule has 15 heteroatoms.